The van der Waals surface area contributed by atoms with E-state index in [-0.39, 0.29) is 25.4 Å². The van der Waals surface area contributed by atoms with Gasteiger partial charge in [0, 0.05) is 12.8 Å². The van der Waals surface area contributed by atoms with Crippen molar-refractivity contribution in [2.75, 3.05) is 0 Å². The maximum absolute atomic E-state index is 12.4. The van der Waals surface area contributed by atoms with Crippen molar-refractivity contribution in [3.05, 3.63) is 35.9 Å². The van der Waals surface area contributed by atoms with Crippen LogP contribution in [0.3, 0.4) is 0 Å². The molecule has 0 aliphatic rings. The molecule has 2 atom stereocenters. The normalized spacial score (nSPS) is 12.4. The molecule has 0 saturated carbocycles. The van der Waals surface area contributed by atoms with Gasteiger partial charge in [0.1, 0.15) is 18.7 Å². The molecule has 8 nitrogen and oxygen atoms in total. The molecule has 0 aliphatic heterocycles. The van der Waals surface area contributed by atoms with Crippen molar-refractivity contribution >= 4 is 23.7 Å². The quantitative estimate of drug-likeness (QED) is 0.201. The molecule has 8 heteroatoms. The first-order valence-electron chi connectivity index (χ1n) is 12.9. The molecule has 0 aromatic heterocycles. The first kappa shape index (κ1) is 30.1. The lowest BCUT2D eigenvalue weighted by atomic mass is 10.1. The van der Waals surface area contributed by atoms with E-state index in [0.717, 1.165) is 24.8 Å². The van der Waals surface area contributed by atoms with Crippen molar-refractivity contribution in [1.82, 2.24) is 10.6 Å². The zero-order valence-electron chi connectivity index (χ0n) is 21.4. The summed E-state index contributed by atoms with van der Waals surface area (Å²) in [5.74, 6) is -1.96. The van der Waals surface area contributed by atoms with Gasteiger partial charge in [0.2, 0.25) is 17.7 Å². The second-order valence-electron chi connectivity index (χ2n) is 9.02. The summed E-state index contributed by atoms with van der Waals surface area (Å²) in [6.07, 6.45) is 10.8. The van der Waals surface area contributed by atoms with E-state index in [1.165, 1.54) is 38.5 Å². The fourth-order valence-corrected chi connectivity index (χ4v) is 3.63. The van der Waals surface area contributed by atoms with Crippen molar-refractivity contribution in [3.63, 3.8) is 0 Å². The molecule has 0 radical (unpaired) electrons. The van der Waals surface area contributed by atoms with Crippen molar-refractivity contribution in [2.45, 2.75) is 110 Å². The molecule has 0 saturated heterocycles. The van der Waals surface area contributed by atoms with E-state index in [1.54, 1.807) is 6.92 Å². The van der Waals surface area contributed by atoms with Crippen molar-refractivity contribution in [3.8, 4) is 0 Å². The minimum Gasteiger partial charge on any atom is -0.461 e. The Morgan fingerprint density at radius 2 is 1.46 bits per heavy atom. The molecular formula is C27H43N3O5. The molecule has 0 unspecified atom stereocenters. The van der Waals surface area contributed by atoms with E-state index in [4.69, 9.17) is 10.5 Å². The summed E-state index contributed by atoms with van der Waals surface area (Å²) >= 11 is 0. The third-order valence-electron chi connectivity index (χ3n) is 5.82. The van der Waals surface area contributed by atoms with Crippen molar-refractivity contribution in [2.24, 2.45) is 5.73 Å². The van der Waals surface area contributed by atoms with Crippen molar-refractivity contribution in [1.29, 1.82) is 0 Å². The lowest BCUT2D eigenvalue weighted by Crippen LogP contribution is -2.52. The van der Waals surface area contributed by atoms with Gasteiger partial charge in [-0.3, -0.25) is 19.2 Å². The Bertz CT molecular complexity index is 769. The summed E-state index contributed by atoms with van der Waals surface area (Å²) in [6, 6.07) is 7.40. The second-order valence-corrected chi connectivity index (χ2v) is 9.02. The average Bonchev–Trinajstić information content (AvgIpc) is 2.84. The van der Waals surface area contributed by atoms with E-state index in [0.29, 0.717) is 6.42 Å². The number of hydrogen-bond donors (Lipinski definition) is 3. The first-order valence-corrected chi connectivity index (χ1v) is 12.9. The zero-order chi connectivity index (χ0) is 25.9. The number of ether oxygens (including phenoxy) is 1. The van der Waals surface area contributed by atoms with E-state index in [9.17, 15) is 19.2 Å². The van der Waals surface area contributed by atoms with Crippen molar-refractivity contribution < 1.29 is 23.9 Å². The van der Waals surface area contributed by atoms with Gasteiger partial charge < -0.3 is 21.1 Å². The number of benzene rings is 1. The third kappa shape index (κ3) is 14.9. The Labute approximate surface area is 209 Å². The number of hydrogen-bond acceptors (Lipinski definition) is 5. The number of nitrogens with one attached hydrogen (secondary N) is 2. The maximum atomic E-state index is 12.4. The van der Waals surface area contributed by atoms with E-state index in [2.05, 4.69) is 17.6 Å². The third-order valence-corrected chi connectivity index (χ3v) is 5.82. The standard InChI is InChI=1S/C27H43N3O5/c1-3-4-5-6-7-8-9-10-14-17-24(31)29-21(2)27(34)30-23(26(28)33)18-19-25(32)35-20-22-15-12-11-13-16-22/h11-13,15-16,21,23H,3-10,14,17-20H2,1-2H3,(H2,28,33)(H,29,31)(H,30,34)/t21-,23+/m0/s1. The number of esters is 1. The summed E-state index contributed by atoms with van der Waals surface area (Å²) in [4.78, 5) is 48.3. The summed E-state index contributed by atoms with van der Waals surface area (Å²) in [5, 5.41) is 5.18. The lowest BCUT2D eigenvalue weighted by molar-refractivity contribution is -0.145. The van der Waals surface area contributed by atoms with Gasteiger partial charge in [-0.1, -0.05) is 88.6 Å². The van der Waals surface area contributed by atoms with Crippen LogP contribution in [0.5, 0.6) is 0 Å². The summed E-state index contributed by atoms with van der Waals surface area (Å²) in [6.45, 7) is 3.89. The van der Waals surface area contributed by atoms with Crippen LogP contribution in [0.25, 0.3) is 0 Å². The van der Waals surface area contributed by atoms with Crippen LogP contribution in [0.15, 0.2) is 30.3 Å². The van der Waals surface area contributed by atoms with Crippen LogP contribution in [-0.4, -0.2) is 35.8 Å². The van der Waals surface area contributed by atoms with Gasteiger partial charge in [0.05, 0.1) is 0 Å². The topological polar surface area (TPSA) is 128 Å². The fourth-order valence-electron chi connectivity index (χ4n) is 3.63. The molecular weight excluding hydrogens is 446 g/mol. The first-order chi connectivity index (χ1) is 16.8. The molecule has 3 amide bonds. The number of carbonyl (C=O) groups is 4. The Balaban J connectivity index is 2.25. The summed E-state index contributed by atoms with van der Waals surface area (Å²) in [5.41, 5.74) is 6.24. The Hall–Kier alpha value is -2.90. The molecule has 1 aromatic carbocycles. The van der Waals surface area contributed by atoms with Gasteiger partial charge in [-0.15, -0.1) is 0 Å². The Kier molecular flexibility index (Phi) is 15.9. The second kappa shape index (κ2) is 18.4. The fraction of sp³-hybridized carbons (Fsp3) is 0.630. The van der Waals surface area contributed by atoms with Gasteiger partial charge in [-0.05, 0) is 25.3 Å². The van der Waals surface area contributed by atoms with E-state index < -0.39 is 29.9 Å². The minimum absolute atomic E-state index is 0.0216. The van der Waals surface area contributed by atoms with Gasteiger partial charge in [0.15, 0.2) is 0 Å². The molecule has 1 aromatic rings. The Morgan fingerprint density at radius 3 is 2.06 bits per heavy atom. The molecule has 0 spiro atoms. The monoisotopic (exact) mass is 489 g/mol. The largest absolute Gasteiger partial charge is 0.461 e. The molecule has 196 valence electrons. The highest BCUT2D eigenvalue weighted by Crippen LogP contribution is 2.10. The Morgan fingerprint density at radius 1 is 0.857 bits per heavy atom. The van der Waals surface area contributed by atoms with Crippen LogP contribution in [0.1, 0.15) is 96.5 Å². The highest BCUT2D eigenvalue weighted by molar-refractivity contribution is 5.91. The average molecular weight is 490 g/mol. The molecule has 0 fully saturated rings. The minimum atomic E-state index is -1.02. The molecule has 35 heavy (non-hydrogen) atoms. The number of unbranched alkanes of at least 4 members (excludes halogenated alkanes) is 8. The predicted octanol–water partition coefficient (Wildman–Crippen LogP) is 3.91. The van der Waals surface area contributed by atoms with E-state index in [1.807, 2.05) is 30.3 Å². The van der Waals surface area contributed by atoms with Crippen LogP contribution in [0.4, 0.5) is 0 Å². The van der Waals surface area contributed by atoms with Crippen LogP contribution >= 0.6 is 0 Å². The van der Waals surface area contributed by atoms with E-state index >= 15 is 0 Å². The maximum Gasteiger partial charge on any atom is 0.306 e. The highest BCUT2D eigenvalue weighted by atomic mass is 16.5. The molecule has 0 heterocycles. The number of nitrogens with two attached hydrogens (primary N) is 1. The molecule has 0 bridgehead atoms. The summed E-state index contributed by atoms with van der Waals surface area (Å²) < 4.78 is 5.19. The smallest absolute Gasteiger partial charge is 0.306 e. The van der Waals surface area contributed by atoms with Crippen LogP contribution in [0, 0.1) is 0 Å². The summed E-state index contributed by atoms with van der Waals surface area (Å²) in [7, 11) is 0. The SMILES string of the molecule is CCCCCCCCCCCC(=O)N[C@@H](C)C(=O)N[C@H](CCC(=O)OCc1ccccc1)C(N)=O. The number of amides is 3. The lowest BCUT2D eigenvalue weighted by Gasteiger charge is -2.19. The van der Waals surface area contributed by atoms with Gasteiger partial charge in [-0.25, -0.2) is 0 Å². The molecule has 1 rings (SSSR count). The number of rotatable bonds is 19. The highest BCUT2D eigenvalue weighted by Gasteiger charge is 2.23. The van der Waals surface area contributed by atoms with Gasteiger partial charge >= 0.3 is 5.97 Å². The van der Waals surface area contributed by atoms with Crippen LogP contribution < -0.4 is 16.4 Å². The van der Waals surface area contributed by atoms with Gasteiger partial charge in [0.25, 0.3) is 0 Å². The van der Waals surface area contributed by atoms with Gasteiger partial charge in [-0.2, -0.15) is 0 Å². The molecule has 4 N–H and O–H groups in total. The number of carbonyl (C=O) groups excluding carboxylic acids is 4. The zero-order valence-corrected chi connectivity index (χ0v) is 21.4. The van der Waals surface area contributed by atoms with Crippen LogP contribution in [0.2, 0.25) is 0 Å². The number of primary amides is 1. The predicted molar refractivity (Wildman–Crippen MR) is 136 cm³/mol. The molecule has 0 aliphatic carbocycles. The van der Waals surface area contributed by atoms with Crippen LogP contribution in [-0.2, 0) is 30.5 Å².